The fraction of sp³-hybridized carbons (Fsp3) is 0.381. The summed E-state index contributed by atoms with van der Waals surface area (Å²) in [5.41, 5.74) is 4.00. The van der Waals surface area contributed by atoms with E-state index in [-0.39, 0.29) is 12.5 Å². The van der Waals surface area contributed by atoms with Gasteiger partial charge in [0, 0.05) is 12.6 Å². The molecule has 0 aliphatic rings. The Morgan fingerprint density at radius 2 is 2.07 bits per heavy atom. The Hall–Kier alpha value is -2.93. The lowest BCUT2D eigenvalue weighted by atomic mass is 10.2. The van der Waals surface area contributed by atoms with Gasteiger partial charge >= 0.3 is 0 Å². The number of nitrogens with zero attached hydrogens (tertiary/aromatic N) is 3. The summed E-state index contributed by atoms with van der Waals surface area (Å²) < 4.78 is 7.83. The Kier molecular flexibility index (Phi) is 6.26. The van der Waals surface area contributed by atoms with Crippen LogP contribution in [0.5, 0.6) is 5.75 Å². The van der Waals surface area contributed by atoms with E-state index in [1.54, 1.807) is 0 Å². The molecule has 0 bridgehead atoms. The molecule has 0 spiro atoms. The lowest BCUT2D eigenvalue weighted by Gasteiger charge is -2.14. The van der Waals surface area contributed by atoms with Crippen molar-refractivity contribution in [2.24, 2.45) is 0 Å². The Morgan fingerprint density at radius 1 is 1.25 bits per heavy atom. The lowest BCUT2D eigenvalue weighted by Crippen LogP contribution is -2.14. The standard InChI is InChI=1S/C21H26N4O3/c1-4-5-10-28-20-9-6-14(2)22-18(20)12-25-19-11-16(13-26)7-8-17(19)24-21(25)23-15(3)27/h6-9,11,26H,4-5,10,12-13H2,1-3H3,(H,23,24,27). The highest BCUT2D eigenvalue weighted by Crippen LogP contribution is 2.26. The number of aromatic nitrogens is 3. The number of ether oxygens (including phenoxy) is 1. The van der Waals surface area contributed by atoms with Crippen LogP contribution in [0.25, 0.3) is 11.0 Å². The molecule has 3 rings (SSSR count). The number of aryl methyl sites for hydroxylation is 1. The summed E-state index contributed by atoms with van der Waals surface area (Å²) in [4.78, 5) is 20.9. The number of nitrogens with one attached hydrogen (secondary N) is 1. The Bertz CT molecular complexity index is 981. The van der Waals surface area contributed by atoms with Gasteiger partial charge in [-0.05, 0) is 43.2 Å². The summed E-state index contributed by atoms with van der Waals surface area (Å²) in [7, 11) is 0. The van der Waals surface area contributed by atoms with Gasteiger partial charge in [0.2, 0.25) is 11.9 Å². The third-order valence-corrected chi connectivity index (χ3v) is 4.42. The molecule has 28 heavy (non-hydrogen) atoms. The van der Waals surface area contributed by atoms with Crippen molar-refractivity contribution in [1.29, 1.82) is 0 Å². The molecule has 2 aromatic heterocycles. The van der Waals surface area contributed by atoms with Gasteiger partial charge in [-0.3, -0.25) is 15.1 Å². The van der Waals surface area contributed by atoms with Crippen molar-refractivity contribution in [2.45, 2.75) is 46.8 Å². The van der Waals surface area contributed by atoms with Gasteiger partial charge in [-0.25, -0.2) is 4.98 Å². The number of aliphatic hydroxyl groups excluding tert-OH is 1. The van der Waals surface area contributed by atoms with E-state index in [4.69, 9.17) is 4.74 Å². The van der Waals surface area contributed by atoms with Gasteiger partial charge in [-0.2, -0.15) is 0 Å². The van der Waals surface area contributed by atoms with Crippen molar-refractivity contribution in [3.8, 4) is 5.75 Å². The van der Waals surface area contributed by atoms with Crippen LogP contribution in [-0.2, 0) is 17.9 Å². The third-order valence-electron chi connectivity index (χ3n) is 4.42. The van der Waals surface area contributed by atoms with Gasteiger partial charge in [-0.15, -0.1) is 0 Å². The van der Waals surface area contributed by atoms with Gasteiger partial charge in [0.15, 0.2) is 0 Å². The molecule has 0 aliphatic carbocycles. The predicted octanol–water partition coefficient (Wildman–Crippen LogP) is 3.42. The van der Waals surface area contributed by atoms with Gasteiger partial charge in [0.05, 0.1) is 30.8 Å². The summed E-state index contributed by atoms with van der Waals surface area (Å²) >= 11 is 0. The number of rotatable bonds is 8. The van der Waals surface area contributed by atoms with Crippen molar-refractivity contribution in [1.82, 2.24) is 14.5 Å². The first-order chi connectivity index (χ1) is 13.5. The third kappa shape index (κ3) is 4.48. The highest BCUT2D eigenvalue weighted by Gasteiger charge is 2.16. The highest BCUT2D eigenvalue weighted by molar-refractivity contribution is 5.90. The highest BCUT2D eigenvalue weighted by atomic mass is 16.5. The molecule has 1 amide bonds. The maximum atomic E-state index is 11.7. The quantitative estimate of drug-likeness (QED) is 0.583. The average Bonchev–Trinajstić information content (AvgIpc) is 2.99. The minimum absolute atomic E-state index is 0.0648. The van der Waals surface area contributed by atoms with Crippen molar-refractivity contribution in [2.75, 3.05) is 11.9 Å². The summed E-state index contributed by atoms with van der Waals surface area (Å²) in [6.45, 7) is 6.46. The number of anilines is 1. The van der Waals surface area contributed by atoms with Crippen LogP contribution in [0.3, 0.4) is 0 Å². The van der Waals surface area contributed by atoms with Gasteiger partial charge < -0.3 is 14.4 Å². The average molecular weight is 382 g/mol. The number of carbonyl (C=O) groups is 1. The molecule has 0 fully saturated rings. The largest absolute Gasteiger partial charge is 0.492 e. The summed E-state index contributed by atoms with van der Waals surface area (Å²) in [6, 6.07) is 9.40. The maximum Gasteiger partial charge on any atom is 0.223 e. The van der Waals surface area contributed by atoms with Crippen LogP contribution in [0.1, 0.15) is 43.6 Å². The Morgan fingerprint density at radius 3 is 2.79 bits per heavy atom. The lowest BCUT2D eigenvalue weighted by molar-refractivity contribution is -0.114. The van der Waals surface area contributed by atoms with Crippen molar-refractivity contribution >= 4 is 22.9 Å². The van der Waals surface area contributed by atoms with E-state index < -0.39 is 0 Å². The molecule has 0 atom stereocenters. The first-order valence-electron chi connectivity index (χ1n) is 9.48. The zero-order chi connectivity index (χ0) is 20.1. The SMILES string of the molecule is CCCCOc1ccc(C)nc1Cn1c(NC(C)=O)nc2ccc(CO)cc21. The van der Waals surface area contributed by atoms with E-state index in [1.165, 1.54) is 6.92 Å². The van der Waals surface area contributed by atoms with Crippen LogP contribution in [0, 0.1) is 6.92 Å². The van der Waals surface area contributed by atoms with E-state index in [2.05, 4.69) is 22.2 Å². The monoisotopic (exact) mass is 382 g/mol. The molecule has 7 heteroatoms. The molecular formula is C21H26N4O3. The number of unbranched alkanes of at least 4 members (excludes halogenated alkanes) is 1. The van der Waals surface area contributed by atoms with Crippen LogP contribution < -0.4 is 10.1 Å². The van der Waals surface area contributed by atoms with E-state index in [0.29, 0.717) is 19.1 Å². The first-order valence-corrected chi connectivity index (χ1v) is 9.48. The minimum Gasteiger partial charge on any atom is -0.492 e. The number of hydrogen-bond donors (Lipinski definition) is 2. The number of carbonyl (C=O) groups excluding carboxylic acids is 1. The molecule has 1 aromatic carbocycles. The molecule has 0 radical (unpaired) electrons. The van der Waals surface area contributed by atoms with Crippen molar-refractivity contribution < 1.29 is 14.6 Å². The second-order valence-corrected chi connectivity index (χ2v) is 6.78. The maximum absolute atomic E-state index is 11.7. The fourth-order valence-corrected chi connectivity index (χ4v) is 3.00. The second-order valence-electron chi connectivity index (χ2n) is 6.78. The van der Waals surface area contributed by atoms with Gasteiger partial charge in [-0.1, -0.05) is 19.4 Å². The van der Waals surface area contributed by atoms with Gasteiger partial charge in [0.25, 0.3) is 0 Å². The van der Waals surface area contributed by atoms with E-state index in [0.717, 1.165) is 46.6 Å². The van der Waals surface area contributed by atoms with E-state index in [1.807, 2.05) is 41.8 Å². The Balaban J connectivity index is 2.05. The number of hydrogen-bond acceptors (Lipinski definition) is 5. The molecule has 2 N–H and O–H groups in total. The van der Waals surface area contributed by atoms with Crippen molar-refractivity contribution in [3.63, 3.8) is 0 Å². The summed E-state index contributed by atoms with van der Waals surface area (Å²) in [5, 5.41) is 12.3. The molecule has 0 unspecified atom stereocenters. The molecule has 7 nitrogen and oxygen atoms in total. The smallest absolute Gasteiger partial charge is 0.223 e. The van der Waals surface area contributed by atoms with Gasteiger partial charge in [0.1, 0.15) is 11.4 Å². The molecule has 0 saturated carbocycles. The summed E-state index contributed by atoms with van der Waals surface area (Å²) in [5.74, 6) is 0.976. The fourth-order valence-electron chi connectivity index (χ4n) is 3.00. The van der Waals surface area contributed by atoms with Crippen LogP contribution in [-0.4, -0.2) is 32.2 Å². The number of amides is 1. The number of imidazole rings is 1. The van der Waals surface area contributed by atoms with E-state index >= 15 is 0 Å². The zero-order valence-electron chi connectivity index (χ0n) is 16.5. The van der Waals surface area contributed by atoms with Crippen LogP contribution >= 0.6 is 0 Å². The molecule has 0 saturated heterocycles. The molecule has 0 aliphatic heterocycles. The number of pyridine rings is 1. The van der Waals surface area contributed by atoms with Crippen LogP contribution in [0.15, 0.2) is 30.3 Å². The number of aliphatic hydroxyl groups is 1. The molecule has 3 aromatic rings. The number of fused-ring (bicyclic) bond motifs is 1. The second kappa shape index (κ2) is 8.84. The van der Waals surface area contributed by atoms with Crippen LogP contribution in [0.4, 0.5) is 5.95 Å². The molecule has 148 valence electrons. The van der Waals surface area contributed by atoms with Crippen LogP contribution in [0.2, 0.25) is 0 Å². The molecule has 2 heterocycles. The number of benzene rings is 1. The Labute approximate surface area is 164 Å². The first kappa shape index (κ1) is 19.8. The van der Waals surface area contributed by atoms with Crippen molar-refractivity contribution in [3.05, 3.63) is 47.3 Å². The normalized spacial score (nSPS) is 11.0. The van der Waals surface area contributed by atoms with E-state index in [9.17, 15) is 9.90 Å². The molecular weight excluding hydrogens is 356 g/mol. The summed E-state index contributed by atoms with van der Waals surface area (Å²) in [6.07, 6.45) is 2.02. The predicted molar refractivity (Wildman–Crippen MR) is 108 cm³/mol. The minimum atomic E-state index is -0.199. The zero-order valence-corrected chi connectivity index (χ0v) is 16.5. The topological polar surface area (TPSA) is 89.3 Å².